The van der Waals surface area contributed by atoms with Crippen molar-refractivity contribution >= 4 is 105 Å². The molecule has 30 heteroatoms. The second-order valence-electron chi connectivity index (χ2n) is 36.1. The normalized spacial score (nSPS) is 17.7. The molecule has 12 N–H and O–H groups in total. The van der Waals surface area contributed by atoms with Gasteiger partial charge in [0.25, 0.3) is 0 Å². The van der Waals surface area contributed by atoms with E-state index in [-0.39, 0.29) is 11.8 Å². The summed E-state index contributed by atoms with van der Waals surface area (Å²) < 4.78 is 33.8. The predicted octanol–water partition coefficient (Wildman–Crippen LogP) is 19.7. The fourth-order valence-electron chi connectivity index (χ4n) is 19.6. The summed E-state index contributed by atoms with van der Waals surface area (Å²) in [6.45, 7) is 3.99. The topological polar surface area (TPSA) is 426 Å². The second-order valence-corrected chi connectivity index (χ2v) is 38.0. The van der Waals surface area contributed by atoms with Crippen LogP contribution in [0.25, 0.3) is 166 Å². The minimum atomic E-state index is -3.19. The summed E-state index contributed by atoms with van der Waals surface area (Å²) in [6, 6.07) is 82.2. The molecule has 0 unspecified atom stereocenters. The van der Waals surface area contributed by atoms with E-state index in [4.69, 9.17) is 74.1 Å². The Hall–Kier alpha value is -16.3. The highest BCUT2D eigenvalue weighted by Gasteiger charge is 2.39. The fraction of sp³-hybridized carbons (Fsp3) is 0.206. The zero-order valence-electron chi connectivity index (χ0n) is 75.3. The number of benzene rings is 8. The first kappa shape index (κ1) is 87.4. The van der Waals surface area contributed by atoms with Crippen LogP contribution in [0.4, 0.5) is 23.3 Å². The summed E-state index contributed by atoms with van der Waals surface area (Å²) in [6.07, 6.45) is 23.5. The number of amides is 1. The van der Waals surface area contributed by atoms with Gasteiger partial charge in [-0.3, -0.25) is 22.4 Å². The molecule has 20 aromatic rings. The Bertz CT molecular complexity index is 8150. The maximum absolute atomic E-state index is 11.4. The van der Waals surface area contributed by atoms with E-state index in [2.05, 4.69) is 205 Å². The highest BCUT2D eigenvalue weighted by Crippen LogP contribution is 2.49. The van der Waals surface area contributed by atoms with Crippen LogP contribution >= 0.6 is 0 Å². The summed E-state index contributed by atoms with van der Waals surface area (Å²) in [5.41, 5.74) is 61.9. The van der Waals surface area contributed by atoms with E-state index in [9.17, 15) is 13.2 Å². The number of nitrogens with zero attached hydrogens (tertiary/aromatic N) is 19. The Morgan fingerprint density at radius 2 is 0.642 bits per heavy atom. The number of aromatic nitrogens is 16. The zero-order valence-corrected chi connectivity index (χ0v) is 76.2. The third-order valence-corrected chi connectivity index (χ3v) is 27.7. The molecule has 0 aliphatic heterocycles. The zero-order chi connectivity index (χ0) is 93.5. The molecule has 29 nitrogen and oxygen atoms in total. The lowest BCUT2D eigenvalue weighted by Crippen LogP contribution is -2.35. The number of fused-ring (bicyclic) bond motifs is 8. The van der Waals surface area contributed by atoms with Crippen LogP contribution in [0, 0.1) is 23.7 Å². The smallest absolute Gasteiger partial charge is 0.216 e. The molecule has 0 bridgehead atoms. The SMILES string of the molecule is CC(=O)NCC1CC(c2nc(-c3ccc4ccc(-c5ccccc5)nc4c3)c3c(N)nccn23)C1.CS(=O)(=O)NCC1CC(c2nc(-c3ccc4ccc(-c5ccccc5)nc4c3)c3c(N)nccn23)C1.NCC1CC(c2nc(-c3ccc4ccc(-c5ccccc5)nc4c3)c3c(N)nccn23)C1.[N-]=[N+]=NCC1CC(c2nc(-c3ccc4ccc(-c5ccccc5)nc4c3)c3c(N)nccn23)C1. The van der Waals surface area contributed by atoms with Gasteiger partial charge in [0.15, 0.2) is 0 Å². The van der Waals surface area contributed by atoms with Gasteiger partial charge in [-0.15, -0.1) is 0 Å². The molecule has 12 heterocycles. The lowest BCUT2D eigenvalue weighted by atomic mass is 9.74. The Morgan fingerprint density at radius 3 is 0.912 bits per heavy atom. The summed E-state index contributed by atoms with van der Waals surface area (Å²) in [5, 5.41) is 10.9. The van der Waals surface area contributed by atoms with Gasteiger partial charge < -0.3 is 34.0 Å². The van der Waals surface area contributed by atoms with Gasteiger partial charge in [0, 0.05) is 171 Å². The van der Waals surface area contributed by atoms with Crippen LogP contribution in [0.5, 0.6) is 0 Å². The minimum Gasteiger partial charge on any atom is -0.382 e. The standard InChI is InChI=1S/C28H26N6O.C27H26N6O2S.C26H22N8.C26H24N6/c1-17(35)31-16-18-13-22(14-18)28-33-25(26-27(29)30-11-12-34(26)28)21-8-7-20-9-10-23(32-24(20)15-21)19-5-3-2-4-6-19;1-36(34,35)30-16-17-13-21(14-17)27-32-24(25-26(28)29-11-12-33(25)27)20-8-7-19-9-10-22(31-23(19)15-20)18-5-3-2-4-6-18;27-25-24-23(32-26(34(24)11-10-29-25)20-12-16(13-20)15-30-33-28)19-7-6-18-8-9-21(31-22(18)14-19)17-4-2-1-3-5-17;27-15-16-12-20(13-16)26-31-23(24-25(28)29-10-11-32(24)26)19-7-6-18-8-9-21(30-22(18)14-19)17-4-2-1-3-5-17/h2-12,15,18,22H,13-14,16H2,1H3,(H2,29,30)(H,31,35);2-12,15,17,21,30H,13-14,16H2,1H3,(H2,28,29);1-11,14,16,20H,12-13,15H2,(H2,27,29);1-11,14,16,20H,12-13,15,27H2,(H2,28,29). The molecule has 8 aromatic carbocycles. The van der Waals surface area contributed by atoms with E-state index < -0.39 is 10.0 Å². The van der Waals surface area contributed by atoms with Crippen LogP contribution in [0.2, 0.25) is 0 Å². The van der Waals surface area contributed by atoms with Crippen molar-refractivity contribution in [2.45, 2.75) is 82.0 Å². The molecule has 0 radical (unpaired) electrons. The van der Waals surface area contributed by atoms with Gasteiger partial charge in [0.2, 0.25) is 15.9 Å². The Balaban J connectivity index is 0.000000109. The molecule has 4 aliphatic rings. The maximum atomic E-state index is 11.4. The van der Waals surface area contributed by atoms with Crippen molar-refractivity contribution in [3.8, 4) is 90.1 Å². The van der Waals surface area contributed by atoms with Crippen molar-refractivity contribution in [2.75, 3.05) is 55.4 Å². The van der Waals surface area contributed by atoms with E-state index in [1.807, 2.05) is 120 Å². The highest BCUT2D eigenvalue weighted by molar-refractivity contribution is 7.88. The van der Waals surface area contributed by atoms with Gasteiger partial charge in [-0.1, -0.05) is 199 Å². The average molecular weight is 1830 g/mol. The molecule has 0 spiro atoms. The molecule has 680 valence electrons. The van der Waals surface area contributed by atoms with Crippen LogP contribution in [-0.2, 0) is 14.8 Å². The largest absolute Gasteiger partial charge is 0.382 e. The van der Waals surface area contributed by atoms with Gasteiger partial charge in [-0.2, -0.15) is 0 Å². The number of rotatable bonds is 20. The summed E-state index contributed by atoms with van der Waals surface area (Å²) in [5.74, 6) is 8.76. The first-order chi connectivity index (χ1) is 66.8. The van der Waals surface area contributed by atoms with Crippen LogP contribution in [0.3, 0.4) is 0 Å². The van der Waals surface area contributed by atoms with Gasteiger partial charge in [-0.05, 0) is 136 Å². The van der Waals surface area contributed by atoms with E-state index in [0.717, 1.165) is 237 Å². The Kier molecular flexibility index (Phi) is 23.8. The van der Waals surface area contributed by atoms with Crippen molar-refractivity contribution in [2.24, 2.45) is 34.5 Å². The third-order valence-electron chi connectivity index (χ3n) is 27.0. The molecule has 1 amide bonds. The first-order valence-electron chi connectivity index (χ1n) is 46.1. The number of hydrogen-bond donors (Lipinski definition) is 7. The molecule has 0 atom stereocenters. The van der Waals surface area contributed by atoms with Crippen LogP contribution < -0.4 is 38.7 Å². The fourth-order valence-corrected chi connectivity index (χ4v) is 20.2. The molecule has 24 rings (SSSR count). The number of nitrogen functional groups attached to an aromatic ring is 4. The molecule has 137 heavy (non-hydrogen) atoms. The monoisotopic (exact) mass is 1830 g/mol. The Labute approximate surface area is 788 Å². The van der Waals surface area contributed by atoms with Gasteiger partial charge in [-0.25, -0.2) is 72.9 Å². The first-order valence-corrected chi connectivity index (χ1v) is 48.0. The number of azide groups is 1. The van der Waals surface area contributed by atoms with E-state index >= 15 is 0 Å². The number of carbonyl (C=O) groups is 1. The van der Waals surface area contributed by atoms with Gasteiger partial charge in [0.1, 0.15) is 91.4 Å². The van der Waals surface area contributed by atoms with Gasteiger partial charge in [0.05, 0.1) is 51.1 Å². The van der Waals surface area contributed by atoms with E-state index in [1.165, 1.54) is 6.26 Å². The third kappa shape index (κ3) is 17.9. The molecule has 12 aromatic heterocycles. The summed E-state index contributed by atoms with van der Waals surface area (Å²) in [4.78, 5) is 71.4. The Morgan fingerprint density at radius 1 is 0.372 bits per heavy atom. The van der Waals surface area contributed by atoms with Crippen molar-refractivity contribution in [3.05, 3.63) is 326 Å². The predicted molar refractivity (Wildman–Crippen MR) is 541 cm³/mol. The van der Waals surface area contributed by atoms with Crippen molar-refractivity contribution in [1.82, 2.24) is 87.4 Å². The number of anilines is 4. The number of imidazole rings is 4. The number of sulfonamides is 1. The summed E-state index contributed by atoms with van der Waals surface area (Å²) in [7, 11) is -3.19. The molecular formula is C107H98N26O3S. The van der Waals surface area contributed by atoms with Gasteiger partial charge >= 0.3 is 0 Å². The van der Waals surface area contributed by atoms with Crippen molar-refractivity contribution in [3.63, 3.8) is 0 Å². The maximum Gasteiger partial charge on any atom is 0.216 e. The van der Waals surface area contributed by atoms with Crippen molar-refractivity contribution in [1.29, 1.82) is 0 Å². The molecule has 4 saturated carbocycles. The number of carbonyl (C=O) groups excluding carboxylic acids is 1. The van der Waals surface area contributed by atoms with Crippen LogP contribution in [-0.4, -0.2) is 124 Å². The van der Waals surface area contributed by atoms with Crippen LogP contribution in [0.15, 0.2) is 297 Å². The summed E-state index contributed by atoms with van der Waals surface area (Å²) >= 11 is 0. The van der Waals surface area contributed by atoms with E-state index in [1.54, 1.807) is 31.7 Å². The minimum absolute atomic E-state index is 0.0150. The quantitative estimate of drug-likeness (QED) is 0.0212. The lowest BCUT2D eigenvalue weighted by molar-refractivity contribution is -0.119. The average Bonchev–Trinajstić information content (AvgIpc) is 1.61. The van der Waals surface area contributed by atoms with Crippen LogP contribution in [0.1, 0.15) is 105 Å². The highest BCUT2D eigenvalue weighted by atomic mass is 32.2. The number of nitrogens with one attached hydrogen (secondary N) is 2. The second kappa shape index (κ2) is 37.3. The molecule has 4 fully saturated rings. The molecular weight excluding hydrogens is 1730 g/mol. The van der Waals surface area contributed by atoms with Crippen molar-refractivity contribution < 1.29 is 13.2 Å². The number of nitrogens with two attached hydrogens (primary N) is 5. The molecule has 0 saturated heterocycles. The molecule has 4 aliphatic carbocycles. The number of pyridine rings is 4. The number of hydrogen-bond acceptors (Lipinski definition) is 21. The van der Waals surface area contributed by atoms with E-state index in [0.29, 0.717) is 84.3 Å². The lowest BCUT2D eigenvalue weighted by Gasteiger charge is -2.34.